The number of amides is 1. The monoisotopic (exact) mass is 260 g/mol. The first-order valence-corrected chi connectivity index (χ1v) is 6.74. The lowest BCUT2D eigenvalue weighted by Crippen LogP contribution is -2.35. The zero-order chi connectivity index (χ0) is 13.4. The van der Waals surface area contributed by atoms with Gasteiger partial charge in [0.25, 0.3) is 5.91 Å². The first kappa shape index (κ1) is 12.2. The molecule has 0 atom stereocenters. The van der Waals surface area contributed by atoms with Crippen molar-refractivity contribution in [2.24, 2.45) is 0 Å². The molecule has 0 unspecified atom stereocenters. The number of nitrogens with zero attached hydrogens (tertiary/aromatic N) is 1. The second kappa shape index (κ2) is 4.68. The van der Waals surface area contributed by atoms with E-state index in [0.717, 1.165) is 36.9 Å². The summed E-state index contributed by atoms with van der Waals surface area (Å²) in [6, 6.07) is 4.94. The molecule has 3 nitrogen and oxygen atoms in total. The summed E-state index contributed by atoms with van der Waals surface area (Å²) in [6.45, 7) is 3.52. The summed E-state index contributed by atoms with van der Waals surface area (Å²) in [5.41, 5.74) is 1.90. The standard InChI is InChI=1S/C15H17FN2O/c1-10-5-6-12(16)14-11(10)9-13(17-14)15(19)18-7-3-2-4-8-18/h5-6,9,17H,2-4,7-8H2,1H3. The number of hydrogen-bond donors (Lipinski definition) is 1. The number of aromatic amines is 1. The molecule has 100 valence electrons. The highest BCUT2D eigenvalue weighted by Crippen LogP contribution is 2.23. The van der Waals surface area contributed by atoms with Crippen molar-refractivity contribution in [3.63, 3.8) is 0 Å². The normalized spacial score (nSPS) is 16.0. The van der Waals surface area contributed by atoms with E-state index in [-0.39, 0.29) is 11.7 Å². The van der Waals surface area contributed by atoms with E-state index < -0.39 is 0 Å². The molecule has 4 heteroatoms. The van der Waals surface area contributed by atoms with E-state index in [1.54, 1.807) is 12.1 Å². The van der Waals surface area contributed by atoms with E-state index in [2.05, 4.69) is 4.98 Å². The maximum atomic E-state index is 13.7. The summed E-state index contributed by atoms with van der Waals surface area (Å²) in [5, 5.41) is 0.792. The van der Waals surface area contributed by atoms with Gasteiger partial charge < -0.3 is 9.88 Å². The lowest BCUT2D eigenvalue weighted by molar-refractivity contribution is 0.0719. The smallest absolute Gasteiger partial charge is 0.270 e. The number of rotatable bonds is 1. The van der Waals surface area contributed by atoms with Crippen LogP contribution in [0.3, 0.4) is 0 Å². The molecule has 0 spiro atoms. The zero-order valence-corrected chi connectivity index (χ0v) is 11.0. The highest BCUT2D eigenvalue weighted by molar-refractivity contribution is 5.99. The quantitative estimate of drug-likeness (QED) is 0.839. The lowest BCUT2D eigenvalue weighted by atomic mass is 10.1. The molecule has 1 N–H and O–H groups in total. The largest absolute Gasteiger partial charge is 0.348 e. The zero-order valence-electron chi connectivity index (χ0n) is 11.0. The Kier molecular flexibility index (Phi) is 3.01. The lowest BCUT2D eigenvalue weighted by Gasteiger charge is -2.26. The summed E-state index contributed by atoms with van der Waals surface area (Å²) < 4.78 is 13.7. The predicted octanol–water partition coefficient (Wildman–Crippen LogP) is 3.24. The molecular formula is C15H17FN2O. The number of hydrogen-bond acceptors (Lipinski definition) is 1. The molecule has 3 rings (SSSR count). The molecule has 1 aromatic heterocycles. The van der Waals surface area contributed by atoms with Crippen LogP contribution in [0.2, 0.25) is 0 Å². The Bertz CT molecular complexity index is 587. The van der Waals surface area contributed by atoms with Crippen LogP contribution < -0.4 is 0 Å². The molecule has 0 radical (unpaired) electrons. The van der Waals surface area contributed by atoms with E-state index in [1.807, 2.05) is 11.8 Å². The van der Waals surface area contributed by atoms with Gasteiger partial charge in [0.05, 0.1) is 5.52 Å². The second-order valence-electron chi connectivity index (χ2n) is 5.19. The van der Waals surface area contributed by atoms with Gasteiger partial charge in [-0.15, -0.1) is 0 Å². The fourth-order valence-electron chi connectivity index (χ4n) is 2.71. The van der Waals surface area contributed by atoms with Gasteiger partial charge in [0, 0.05) is 18.5 Å². The number of carbonyl (C=O) groups excluding carboxylic acids is 1. The fraction of sp³-hybridized carbons (Fsp3) is 0.400. The molecular weight excluding hydrogens is 243 g/mol. The SMILES string of the molecule is Cc1ccc(F)c2[nH]c(C(=O)N3CCCCC3)cc12. The van der Waals surface area contributed by atoms with E-state index >= 15 is 0 Å². The van der Waals surface area contributed by atoms with Crippen molar-refractivity contribution >= 4 is 16.8 Å². The Labute approximate surface area is 111 Å². The van der Waals surface area contributed by atoms with Crippen LogP contribution in [-0.4, -0.2) is 28.9 Å². The van der Waals surface area contributed by atoms with E-state index in [4.69, 9.17) is 0 Å². The average Bonchev–Trinajstić information content (AvgIpc) is 2.89. The maximum absolute atomic E-state index is 13.7. The Hall–Kier alpha value is -1.84. The van der Waals surface area contributed by atoms with Crippen molar-refractivity contribution in [2.75, 3.05) is 13.1 Å². The predicted molar refractivity (Wildman–Crippen MR) is 72.7 cm³/mol. The van der Waals surface area contributed by atoms with Crippen molar-refractivity contribution in [2.45, 2.75) is 26.2 Å². The molecule has 1 aromatic carbocycles. The minimum atomic E-state index is -0.307. The first-order valence-electron chi connectivity index (χ1n) is 6.74. The van der Waals surface area contributed by atoms with Crippen molar-refractivity contribution in [1.29, 1.82) is 0 Å². The van der Waals surface area contributed by atoms with Gasteiger partial charge in [0.1, 0.15) is 11.5 Å². The third-order valence-electron chi connectivity index (χ3n) is 3.83. The van der Waals surface area contributed by atoms with Gasteiger partial charge in [-0.3, -0.25) is 4.79 Å². The number of fused-ring (bicyclic) bond motifs is 1. The number of carbonyl (C=O) groups is 1. The summed E-state index contributed by atoms with van der Waals surface area (Å²) in [7, 11) is 0. The van der Waals surface area contributed by atoms with Crippen LogP contribution in [0.4, 0.5) is 4.39 Å². The summed E-state index contributed by atoms with van der Waals surface area (Å²) in [6.07, 6.45) is 3.29. The number of benzene rings is 1. The van der Waals surface area contributed by atoms with Crippen molar-refractivity contribution < 1.29 is 9.18 Å². The molecule has 2 aromatic rings. The fourth-order valence-corrected chi connectivity index (χ4v) is 2.71. The minimum absolute atomic E-state index is 0.0188. The molecule has 1 saturated heterocycles. The number of halogens is 1. The Morgan fingerprint density at radius 1 is 1.26 bits per heavy atom. The van der Waals surface area contributed by atoms with E-state index in [9.17, 15) is 9.18 Å². The Morgan fingerprint density at radius 2 is 2.00 bits per heavy atom. The van der Waals surface area contributed by atoms with Crippen molar-refractivity contribution in [1.82, 2.24) is 9.88 Å². The van der Waals surface area contributed by atoms with Gasteiger partial charge in [-0.2, -0.15) is 0 Å². The van der Waals surface area contributed by atoms with E-state index in [1.165, 1.54) is 12.5 Å². The third kappa shape index (κ3) is 2.11. The number of H-pyrrole nitrogens is 1. The molecule has 19 heavy (non-hydrogen) atoms. The molecule has 0 bridgehead atoms. The van der Waals surface area contributed by atoms with Crippen LogP contribution in [0.5, 0.6) is 0 Å². The number of piperidine rings is 1. The topological polar surface area (TPSA) is 36.1 Å². The van der Waals surface area contributed by atoms with Crippen LogP contribution in [0, 0.1) is 12.7 Å². The third-order valence-corrected chi connectivity index (χ3v) is 3.83. The summed E-state index contributed by atoms with van der Waals surface area (Å²) >= 11 is 0. The van der Waals surface area contributed by atoms with Gasteiger partial charge in [-0.25, -0.2) is 4.39 Å². The summed E-state index contributed by atoms with van der Waals surface area (Å²) in [5.74, 6) is -0.326. The van der Waals surface area contributed by atoms with Gasteiger partial charge in [-0.1, -0.05) is 6.07 Å². The number of nitrogens with one attached hydrogen (secondary N) is 1. The van der Waals surface area contributed by atoms with Crippen LogP contribution in [0.1, 0.15) is 35.3 Å². The summed E-state index contributed by atoms with van der Waals surface area (Å²) in [4.78, 5) is 17.1. The van der Waals surface area contributed by atoms with Gasteiger partial charge in [0.2, 0.25) is 0 Å². The van der Waals surface area contributed by atoms with E-state index in [0.29, 0.717) is 11.2 Å². The van der Waals surface area contributed by atoms with Crippen molar-refractivity contribution in [3.8, 4) is 0 Å². The molecule has 1 fully saturated rings. The van der Waals surface area contributed by atoms with Crippen molar-refractivity contribution in [3.05, 3.63) is 35.3 Å². The molecule has 1 aliphatic heterocycles. The highest BCUT2D eigenvalue weighted by Gasteiger charge is 2.20. The van der Waals surface area contributed by atoms with Crippen LogP contribution in [0.15, 0.2) is 18.2 Å². The maximum Gasteiger partial charge on any atom is 0.270 e. The average molecular weight is 260 g/mol. The first-order chi connectivity index (χ1) is 9.16. The number of aryl methyl sites for hydroxylation is 1. The van der Waals surface area contributed by atoms with Gasteiger partial charge in [-0.05, 0) is 43.9 Å². The number of likely N-dealkylation sites (tertiary alicyclic amines) is 1. The van der Waals surface area contributed by atoms with Crippen LogP contribution in [0.25, 0.3) is 10.9 Å². The molecule has 2 heterocycles. The van der Waals surface area contributed by atoms with Gasteiger partial charge in [0.15, 0.2) is 0 Å². The van der Waals surface area contributed by atoms with Crippen LogP contribution in [-0.2, 0) is 0 Å². The van der Waals surface area contributed by atoms with Crippen LogP contribution >= 0.6 is 0 Å². The Balaban J connectivity index is 1.99. The molecule has 1 aliphatic rings. The molecule has 0 saturated carbocycles. The van der Waals surface area contributed by atoms with Gasteiger partial charge >= 0.3 is 0 Å². The molecule has 0 aliphatic carbocycles. The second-order valence-corrected chi connectivity index (χ2v) is 5.19. The Morgan fingerprint density at radius 3 is 2.68 bits per heavy atom. The molecule has 1 amide bonds. The highest BCUT2D eigenvalue weighted by atomic mass is 19.1. The minimum Gasteiger partial charge on any atom is -0.348 e. The number of aromatic nitrogens is 1.